The number of benzene rings is 1. The van der Waals surface area contributed by atoms with Crippen molar-refractivity contribution < 1.29 is 9.90 Å². The fourth-order valence-corrected chi connectivity index (χ4v) is 3.28. The van der Waals surface area contributed by atoms with Gasteiger partial charge in [0.05, 0.1) is 12.1 Å². The minimum atomic E-state index is -0.849. The van der Waals surface area contributed by atoms with Crippen molar-refractivity contribution in [2.75, 3.05) is 18.4 Å². The summed E-state index contributed by atoms with van der Waals surface area (Å²) in [7, 11) is 0. The molecule has 0 radical (unpaired) electrons. The minimum absolute atomic E-state index is 0.00765. The number of rotatable bonds is 7. The zero-order valence-corrected chi connectivity index (χ0v) is 14.9. The monoisotopic (exact) mass is 342 g/mol. The van der Waals surface area contributed by atoms with Crippen molar-refractivity contribution in [3.8, 4) is 0 Å². The number of aliphatic carboxylic acids is 1. The highest BCUT2D eigenvalue weighted by Crippen LogP contribution is 2.24. The summed E-state index contributed by atoms with van der Waals surface area (Å²) in [6.45, 7) is 6.80. The van der Waals surface area contributed by atoms with Crippen LogP contribution in [0.2, 0.25) is 0 Å². The number of para-hydroxylation sites is 1. The van der Waals surface area contributed by atoms with Gasteiger partial charge in [0.25, 0.3) is 0 Å². The van der Waals surface area contributed by atoms with Crippen LogP contribution in [-0.4, -0.2) is 45.1 Å². The van der Waals surface area contributed by atoms with E-state index in [1.165, 1.54) is 12.8 Å². The average molecular weight is 342 g/mol. The number of anilines is 1. The van der Waals surface area contributed by atoms with Crippen molar-refractivity contribution in [3.05, 3.63) is 30.1 Å². The van der Waals surface area contributed by atoms with E-state index in [0.29, 0.717) is 12.4 Å². The molecule has 2 atom stereocenters. The Morgan fingerprint density at radius 3 is 2.68 bits per heavy atom. The van der Waals surface area contributed by atoms with Crippen molar-refractivity contribution >= 4 is 22.7 Å². The van der Waals surface area contributed by atoms with E-state index in [1.54, 1.807) is 0 Å². The van der Waals surface area contributed by atoms with Gasteiger partial charge >= 0.3 is 5.97 Å². The smallest absolute Gasteiger partial charge is 0.326 e. The van der Waals surface area contributed by atoms with Crippen LogP contribution in [0.15, 0.2) is 24.3 Å². The van der Waals surface area contributed by atoms with E-state index in [2.05, 4.69) is 20.2 Å². The van der Waals surface area contributed by atoms with Gasteiger partial charge in [0.2, 0.25) is 0 Å². The van der Waals surface area contributed by atoms with E-state index in [0.717, 1.165) is 36.2 Å². The van der Waals surface area contributed by atoms with E-state index in [1.807, 2.05) is 38.1 Å². The molecule has 1 aromatic carbocycles. The van der Waals surface area contributed by atoms with Crippen LogP contribution in [0.4, 0.5) is 5.82 Å². The first-order valence-electron chi connectivity index (χ1n) is 9.06. The van der Waals surface area contributed by atoms with Crippen molar-refractivity contribution in [3.63, 3.8) is 0 Å². The molecule has 6 nitrogen and oxygen atoms in total. The molecule has 1 aromatic heterocycles. The largest absolute Gasteiger partial charge is 0.480 e. The number of carboxylic acids is 1. The topological polar surface area (TPSA) is 78.4 Å². The number of hydrogen-bond donors (Lipinski definition) is 2. The van der Waals surface area contributed by atoms with Gasteiger partial charge in [0.15, 0.2) is 0 Å². The van der Waals surface area contributed by atoms with Gasteiger partial charge in [-0.15, -0.1) is 0 Å². The zero-order chi connectivity index (χ0) is 17.8. The molecule has 1 fully saturated rings. The molecule has 0 spiro atoms. The molecule has 6 heteroatoms. The second-order valence-electron chi connectivity index (χ2n) is 6.83. The molecule has 2 aromatic rings. The van der Waals surface area contributed by atoms with Gasteiger partial charge in [-0.25, -0.2) is 14.8 Å². The molecule has 0 aliphatic carbocycles. The fraction of sp³-hybridized carbons (Fsp3) is 0.526. The van der Waals surface area contributed by atoms with Gasteiger partial charge in [-0.05, 0) is 44.0 Å². The maximum atomic E-state index is 11.7. The van der Waals surface area contributed by atoms with Gasteiger partial charge in [-0.1, -0.05) is 32.4 Å². The predicted octanol–water partition coefficient (Wildman–Crippen LogP) is 3.14. The first-order chi connectivity index (χ1) is 12.1. The maximum Gasteiger partial charge on any atom is 0.326 e. The number of carbonyl (C=O) groups is 1. The summed E-state index contributed by atoms with van der Waals surface area (Å²) in [6, 6.07) is 7.10. The minimum Gasteiger partial charge on any atom is -0.480 e. The molecule has 2 heterocycles. The Bertz CT molecular complexity index is 743. The van der Waals surface area contributed by atoms with Gasteiger partial charge < -0.3 is 10.4 Å². The van der Waals surface area contributed by atoms with Crippen LogP contribution < -0.4 is 5.32 Å². The molecule has 1 saturated heterocycles. The summed E-state index contributed by atoms with van der Waals surface area (Å²) in [4.78, 5) is 23.4. The molecular formula is C19H26N4O2. The molecule has 1 aliphatic rings. The lowest BCUT2D eigenvalue weighted by atomic mass is 9.99. The highest BCUT2D eigenvalue weighted by atomic mass is 16.4. The quantitative estimate of drug-likeness (QED) is 0.805. The lowest BCUT2D eigenvalue weighted by molar-refractivity contribution is -0.139. The number of nitrogens with one attached hydrogen (secondary N) is 1. The molecule has 3 rings (SSSR count). The second-order valence-corrected chi connectivity index (χ2v) is 6.83. The Labute approximate surface area is 148 Å². The number of carboxylic acid groups (broad SMARTS) is 1. The van der Waals surface area contributed by atoms with E-state index in [9.17, 15) is 9.90 Å². The number of likely N-dealkylation sites (tertiary alicyclic amines) is 1. The number of nitrogens with zero attached hydrogens (tertiary/aromatic N) is 3. The number of fused-ring (bicyclic) bond motifs is 1. The van der Waals surface area contributed by atoms with Crippen LogP contribution in [0.1, 0.15) is 38.9 Å². The summed E-state index contributed by atoms with van der Waals surface area (Å²) in [6.07, 6.45) is 3.22. The lowest BCUT2D eigenvalue weighted by Crippen LogP contribution is -2.36. The van der Waals surface area contributed by atoms with Gasteiger partial charge in [0.1, 0.15) is 17.7 Å². The molecule has 2 N–H and O–H groups in total. The summed E-state index contributed by atoms with van der Waals surface area (Å²) in [5.41, 5.74) is 0.850. The third-order valence-corrected chi connectivity index (χ3v) is 4.98. The Morgan fingerprint density at radius 2 is 2.00 bits per heavy atom. The van der Waals surface area contributed by atoms with Gasteiger partial charge in [0, 0.05) is 5.39 Å². The molecule has 0 saturated carbocycles. The van der Waals surface area contributed by atoms with E-state index >= 15 is 0 Å². The molecule has 25 heavy (non-hydrogen) atoms. The molecule has 1 aliphatic heterocycles. The van der Waals surface area contributed by atoms with Crippen LogP contribution in [-0.2, 0) is 11.3 Å². The summed E-state index contributed by atoms with van der Waals surface area (Å²) >= 11 is 0. The third kappa shape index (κ3) is 4.07. The van der Waals surface area contributed by atoms with Crippen molar-refractivity contribution in [2.45, 2.75) is 45.7 Å². The fourth-order valence-electron chi connectivity index (χ4n) is 3.28. The van der Waals surface area contributed by atoms with E-state index in [-0.39, 0.29) is 5.92 Å². The van der Waals surface area contributed by atoms with Crippen molar-refractivity contribution in [2.24, 2.45) is 5.92 Å². The summed E-state index contributed by atoms with van der Waals surface area (Å²) in [5, 5.41) is 13.6. The van der Waals surface area contributed by atoms with E-state index < -0.39 is 12.0 Å². The Balaban J connectivity index is 1.95. The maximum absolute atomic E-state index is 11.7. The lowest BCUT2D eigenvalue weighted by Gasteiger charge is -2.22. The molecular weight excluding hydrogens is 316 g/mol. The number of hydrogen-bond acceptors (Lipinski definition) is 5. The van der Waals surface area contributed by atoms with Gasteiger partial charge in [-0.2, -0.15) is 0 Å². The van der Waals surface area contributed by atoms with Gasteiger partial charge in [-0.3, -0.25) is 4.90 Å². The van der Waals surface area contributed by atoms with Crippen LogP contribution >= 0.6 is 0 Å². The standard InChI is InChI=1S/C19H26N4O2/c1-3-13(2)17(19(24)25)22-18-14-8-4-5-9-15(14)20-16(21-18)12-23-10-6-7-11-23/h4-5,8-9,13,17H,3,6-7,10-12H2,1-2H3,(H,24,25)(H,20,21,22). The highest BCUT2D eigenvalue weighted by Gasteiger charge is 2.25. The van der Waals surface area contributed by atoms with Crippen LogP contribution in [0.3, 0.4) is 0 Å². The Hall–Kier alpha value is -2.21. The van der Waals surface area contributed by atoms with E-state index in [4.69, 9.17) is 0 Å². The second kappa shape index (κ2) is 7.78. The predicted molar refractivity (Wildman–Crippen MR) is 98.6 cm³/mol. The first-order valence-corrected chi connectivity index (χ1v) is 9.06. The van der Waals surface area contributed by atoms with Crippen molar-refractivity contribution in [1.82, 2.24) is 14.9 Å². The number of aromatic nitrogens is 2. The Morgan fingerprint density at radius 1 is 1.28 bits per heavy atom. The molecule has 134 valence electrons. The zero-order valence-electron chi connectivity index (χ0n) is 14.9. The Kier molecular flexibility index (Phi) is 5.48. The summed E-state index contributed by atoms with van der Waals surface area (Å²) in [5.74, 6) is 0.523. The van der Waals surface area contributed by atoms with Crippen LogP contribution in [0.25, 0.3) is 10.9 Å². The van der Waals surface area contributed by atoms with Crippen molar-refractivity contribution in [1.29, 1.82) is 0 Å². The molecule has 0 bridgehead atoms. The first kappa shape index (κ1) is 17.6. The normalized spacial score (nSPS) is 17.5. The van der Waals surface area contributed by atoms with Crippen LogP contribution in [0, 0.1) is 5.92 Å². The third-order valence-electron chi connectivity index (χ3n) is 4.98. The van der Waals surface area contributed by atoms with Crippen LogP contribution in [0.5, 0.6) is 0 Å². The highest BCUT2D eigenvalue weighted by molar-refractivity contribution is 5.91. The molecule has 2 unspecified atom stereocenters. The summed E-state index contributed by atoms with van der Waals surface area (Å²) < 4.78 is 0. The molecule has 0 amide bonds. The SMILES string of the molecule is CCC(C)C(Nc1nc(CN2CCCC2)nc2ccccc12)C(=O)O. The average Bonchev–Trinajstić information content (AvgIpc) is 3.11.